The molecule has 2 nitrogen and oxygen atoms in total. The maximum Gasteiger partial charge on any atom is 0.0102 e. The van der Waals surface area contributed by atoms with Crippen LogP contribution < -0.4 is 5.32 Å². The van der Waals surface area contributed by atoms with E-state index in [2.05, 4.69) is 12.2 Å². The zero-order chi connectivity index (χ0) is 12.4. The summed E-state index contributed by atoms with van der Waals surface area (Å²) in [6.45, 7) is 10.3. The Morgan fingerprint density at radius 2 is 1.33 bits per heavy atom. The van der Waals surface area contributed by atoms with Crippen LogP contribution >= 0.6 is 0 Å². The standard InChI is InChI=1S/C6H11N.C3H9N.2C2H6/c1-4-2-5-3-6(5)7-4;1-4(2)3;2*1-2/h4-7H,2-3H2,1H3;1-3H3;2*1-2H3. The Morgan fingerprint density at radius 3 is 1.47 bits per heavy atom. The lowest BCUT2D eigenvalue weighted by Crippen LogP contribution is -2.21. The van der Waals surface area contributed by atoms with Gasteiger partial charge in [-0.15, -0.1) is 0 Å². The van der Waals surface area contributed by atoms with Crippen molar-refractivity contribution in [3.05, 3.63) is 0 Å². The van der Waals surface area contributed by atoms with Crippen molar-refractivity contribution in [1.82, 2.24) is 10.2 Å². The van der Waals surface area contributed by atoms with Crippen LogP contribution in [0.25, 0.3) is 0 Å². The van der Waals surface area contributed by atoms with Gasteiger partial charge in [0.25, 0.3) is 0 Å². The van der Waals surface area contributed by atoms with Crippen molar-refractivity contribution in [1.29, 1.82) is 0 Å². The molecule has 1 heterocycles. The third-order valence-corrected chi connectivity index (χ3v) is 2.08. The minimum absolute atomic E-state index is 0.823. The van der Waals surface area contributed by atoms with Crippen LogP contribution in [0.2, 0.25) is 0 Å². The number of hydrogen-bond acceptors (Lipinski definition) is 2. The average Bonchev–Trinajstić information content (AvgIpc) is 2.80. The van der Waals surface area contributed by atoms with Gasteiger partial charge >= 0.3 is 0 Å². The van der Waals surface area contributed by atoms with Crippen LogP contribution in [0.3, 0.4) is 0 Å². The summed E-state index contributed by atoms with van der Waals surface area (Å²) in [5.74, 6) is 1.08. The zero-order valence-electron chi connectivity index (χ0n) is 12.1. The topological polar surface area (TPSA) is 15.3 Å². The summed E-state index contributed by atoms with van der Waals surface area (Å²) in [4.78, 5) is 2.00. The highest BCUT2D eigenvalue weighted by Gasteiger charge is 2.43. The number of fused-ring (bicyclic) bond motifs is 1. The molecule has 0 aromatic heterocycles. The predicted molar refractivity (Wildman–Crippen MR) is 71.4 cm³/mol. The molecule has 1 saturated heterocycles. The molecule has 2 rings (SSSR count). The van der Waals surface area contributed by atoms with Gasteiger partial charge in [0.1, 0.15) is 0 Å². The summed E-state index contributed by atoms with van der Waals surface area (Å²) in [6.07, 6.45) is 2.90. The van der Waals surface area contributed by atoms with E-state index in [9.17, 15) is 0 Å². The fraction of sp³-hybridized carbons (Fsp3) is 1.00. The second-order valence-electron chi connectivity index (χ2n) is 4.25. The Balaban J connectivity index is 0. The molecule has 2 fully saturated rings. The highest BCUT2D eigenvalue weighted by Crippen LogP contribution is 2.40. The van der Waals surface area contributed by atoms with Gasteiger partial charge in [0.15, 0.2) is 0 Å². The second-order valence-corrected chi connectivity index (χ2v) is 4.25. The molecule has 2 heteroatoms. The molecule has 2 aliphatic rings. The lowest BCUT2D eigenvalue weighted by Gasteiger charge is -2.01. The molecule has 0 amide bonds. The largest absolute Gasteiger partial charge is 0.312 e. The Labute approximate surface area is 97.4 Å². The molecule has 15 heavy (non-hydrogen) atoms. The number of rotatable bonds is 0. The molecule has 0 aromatic rings. The van der Waals surface area contributed by atoms with Crippen LogP contribution in [0, 0.1) is 5.92 Å². The highest BCUT2D eigenvalue weighted by molar-refractivity contribution is 5.01. The predicted octanol–water partition coefficient (Wildman–Crippen LogP) is 2.99. The van der Waals surface area contributed by atoms with Crippen LogP contribution in [0.15, 0.2) is 0 Å². The van der Waals surface area contributed by atoms with Gasteiger partial charge < -0.3 is 10.2 Å². The third-order valence-electron chi connectivity index (χ3n) is 2.08. The van der Waals surface area contributed by atoms with Crippen LogP contribution in [0.4, 0.5) is 0 Å². The van der Waals surface area contributed by atoms with Crippen molar-refractivity contribution in [2.45, 2.75) is 59.5 Å². The van der Waals surface area contributed by atoms with Gasteiger partial charge in [-0.1, -0.05) is 27.7 Å². The van der Waals surface area contributed by atoms with E-state index < -0.39 is 0 Å². The van der Waals surface area contributed by atoms with Crippen LogP contribution in [0.5, 0.6) is 0 Å². The maximum atomic E-state index is 3.49. The molecular weight excluding hydrogens is 184 g/mol. The molecular formula is C13H32N2. The first-order chi connectivity index (χ1) is 7.09. The first kappa shape index (κ1) is 17.3. The summed E-state index contributed by atoms with van der Waals surface area (Å²) in [7, 11) is 6.00. The van der Waals surface area contributed by atoms with Gasteiger partial charge in [0.05, 0.1) is 0 Å². The van der Waals surface area contributed by atoms with Gasteiger partial charge in [-0.25, -0.2) is 0 Å². The molecule has 0 radical (unpaired) electrons. The Bertz CT molecular complexity index is 111. The summed E-state index contributed by atoms with van der Waals surface area (Å²) in [5, 5.41) is 3.49. The van der Waals surface area contributed by atoms with Gasteiger partial charge in [0, 0.05) is 12.1 Å². The van der Waals surface area contributed by atoms with E-state index in [4.69, 9.17) is 0 Å². The first-order valence-electron chi connectivity index (χ1n) is 6.46. The summed E-state index contributed by atoms with van der Waals surface area (Å²) >= 11 is 0. The monoisotopic (exact) mass is 216 g/mol. The lowest BCUT2D eigenvalue weighted by molar-refractivity contribution is 0.505. The molecule has 3 atom stereocenters. The summed E-state index contributed by atoms with van der Waals surface area (Å²) < 4.78 is 0. The lowest BCUT2D eigenvalue weighted by atomic mass is 10.2. The Kier molecular flexibility index (Phi) is 12.1. The van der Waals surface area contributed by atoms with E-state index in [-0.39, 0.29) is 0 Å². The van der Waals surface area contributed by atoms with Gasteiger partial charge in [-0.2, -0.15) is 0 Å². The quantitative estimate of drug-likeness (QED) is 0.670. The van der Waals surface area contributed by atoms with E-state index >= 15 is 0 Å². The van der Waals surface area contributed by atoms with E-state index in [0.29, 0.717) is 0 Å². The van der Waals surface area contributed by atoms with Gasteiger partial charge in [-0.05, 0) is 46.8 Å². The van der Waals surface area contributed by atoms with Crippen molar-refractivity contribution >= 4 is 0 Å². The second kappa shape index (κ2) is 10.4. The number of nitrogens with one attached hydrogen (secondary N) is 1. The zero-order valence-corrected chi connectivity index (χ0v) is 12.1. The average molecular weight is 216 g/mol. The van der Waals surface area contributed by atoms with Gasteiger partial charge in [0.2, 0.25) is 0 Å². The molecule has 0 aromatic carbocycles. The number of nitrogens with zero attached hydrogens (tertiary/aromatic N) is 1. The fourth-order valence-electron chi connectivity index (χ4n) is 1.60. The fourth-order valence-corrected chi connectivity index (χ4v) is 1.60. The van der Waals surface area contributed by atoms with Crippen molar-refractivity contribution in [2.24, 2.45) is 5.92 Å². The van der Waals surface area contributed by atoms with Crippen molar-refractivity contribution in [3.8, 4) is 0 Å². The Hall–Kier alpha value is -0.0800. The van der Waals surface area contributed by atoms with Crippen LogP contribution in [-0.4, -0.2) is 38.1 Å². The number of hydrogen-bond donors (Lipinski definition) is 1. The molecule has 0 spiro atoms. The van der Waals surface area contributed by atoms with E-state index in [1.54, 1.807) is 0 Å². The normalized spacial score (nSPS) is 29.8. The molecule has 3 unspecified atom stereocenters. The molecule has 0 bridgehead atoms. The summed E-state index contributed by atoms with van der Waals surface area (Å²) in [6, 6.07) is 1.76. The first-order valence-corrected chi connectivity index (χ1v) is 6.46. The molecule has 94 valence electrons. The van der Waals surface area contributed by atoms with E-state index in [0.717, 1.165) is 18.0 Å². The smallest absolute Gasteiger partial charge is 0.0102 e. The summed E-state index contributed by atoms with van der Waals surface area (Å²) in [5.41, 5.74) is 0. The van der Waals surface area contributed by atoms with Gasteiger partial charge in [-0.3, -0.25) is 0 Å². The van der Waals surface area contributed by atoms with Crippen molar-refractivity contribution in [3.63, 3.8) is 0 Å². The SMILES string of the molecule is CC.CC.CC1CC2CC2N1.CN(C)C. The molecule has 1 saturated carbocycles. The van der Waals surface area contributed by atoms with E-state index in [1.165, 1.54) is 12.8 Å². The molecule has 1 N–H and O–H groups in total. The minimum atomic E-state index is 0.823. The maximum absolute atomic E-state index is 3.49. The van der Waals surface area contributed by atoms with Crippen LogP contribution in [-0.2, 0) is 0 Å². The third kappa shape index (κ3) is 10.2. The van der Waals surface area contributed by atoms with E-state index in [1.807, 2.05) is 53.7 Å². The molecule has 1 aliphatic carbocycles. The Morgan fingerprint density at radius 1 is 0.933 bits per heavy atom. The molecule has 1 aliphatic heterocycles. The van der Waals surface area contributed by atoms with Crippen molar-refractivity contribution < 1.29 is 0 Å². The van der Waals surface area contributed by atoms with Crippen molar-refractivity contribution in [2.75, 3.05) is 21.1 Å². The van der Waals surface area contributed by atoms with Crippen LogP contribution in [0.1, 0.15) is 47.5 Å². The number of piperidine rings is 1. The highest BCUT2D eigenvalue weighted by atomic mass is 15.0. The minimum Gasteiger partial charge on any atom is -0.312 e.